The number of allylic oxidation sites excluding steroid dienone is 1. The fraction of sp³-hybridized carbons (Fsp3) is 0.280. The Balaban J connectivity index is 1.97. The van der Waals surface area contributed by atoms with Gasteiger partial charge in [0.2, 0.25) is 0 Å². The molecule has 0 bridgehead atoms. The highest BCUT2D eigenvalue weighted by Gasteiger charge is 2.22. The van der Waals surface area contributed by atoms with E-state index in [4.69, 9.17) is 4.74 Å². The summed E-state index contributed by atoms with van der Waals surface area (Å²) in [4.78, 5) is 25.5. The van der Waals surface area contributed by atoms with Crippen molar-refractivity contribution in [3.63, 3.8) is 0 Å². The number of nitrogens with zero attached hydrogens (tertiary/aromatic N) is 1. The molecule has 0 aliphatic rings. The van der Waals surface area contributed by atoms with Gasteiger partial charge in [0.05, 0.1) is 11.9 Å². The number of hydrogen-bond acceptors (Lipinski definition) is 4. The van der Waals surface area contributed by atoms with E-state index >= 15 is 0 Å². The van der Waals surface area contributed by atoms with Crippen molar-refractivity contribution in [2.24, 2.45) is 5.92 Å². The molecule has 156 valence electrons. The van der Waals surface area contributed by atoms with Gasteiger partial charge in [0, 0.05) is 17.2 Å². The number of hydrogen-bond donors (Lipinski definition) is 1. The van der Waals surface area contributed by atoms with Crippen LogP contribution in [0.2, 0.25) is 0 Å². The molecule has 1 heterocycles. The van der Waals surface area contributed by atoms with Crippen LogP contribution in [0.4, 0.5) is 0 Å². The number of ether oxygens (including phenoxy) is 1. The molecule has 5 heteroatoms. The molecule has 0 amide bonds. The van der Waals surface area contributed by atoms with E-state index in [9.17, 15) is 14.7 Å². The van der Waals surface area contributed by atoms with Gasteiger partial charge in [-0.25, -0.2) is 0 Å². The van der Waals surface area contributed by atoms with Crippen LogP contribution in [-0.2, 0) is 16.0 Å². The lowest BCUT2D eigenvalue weighted by Gasteiger charge is -2.16. The normalized spacial score (nSPS) is 12.6. The number of phenolic OH excluding ortho intramolecular Hbond substituents is 1. The van der Waals surface area contributed by atoms with Crippen LogP contribution in [0.1, 0.15) is 42.4 Å². The first-order chi connectivity index (χ1) is 14.3. The zero-order valence-electron chi connectivity index (χ0n) is 17.8. The second-order valence-electron chi connectivity index (χ2n) is 7.80. The number of fused-ring (bicyclic) bond motifs is 1. The van der Waals surface area contributed by atoms with E-state index in [1.165, 1.54) is 12.1 Å². The van der Waals surface area contributed by atoms with Crippen LogP contribution in [0.5, 0.6) is 5.75 Å². The predicted octanol–water partition coefficient (Wildman–Crippen LogP) is 5.14. The van der Waals surface area contributed by atoms with Gasteiger partial charge in [0.1, 0.15) is 11.9 Å². The highest BCUT2D eigenvalue weighted by molar-refractivity contribution is 6.03. The van der Waals surface area contributed by atoms with Crippen LogP contribution >= 0.6 is 0 Å². The SMILES string of the molecule is Cc1c(CC(=O)OC(C)C(C)C)c2cc(O)ccc2n1C(=O)/C=C/c1ccccc1. The van der Waals surface area contributed by atoms with Crippen LogP contribution in [0.25, 0.3) is 17.0 Å². The Morgan fingerprint density at radius 2 is 1.80 bits per heavy atom. The molecule has 0 radical (unpaired) electrons. The van der Waals surface area contributed by atoms with E-state index in [0.717, 1.165) is 5.56 Å². The number of aromatic nitrogens is 1. The van der Waals surface area contributed by atoms with Crippen molar-refractivity contribution in [3.8, 4) is 5.75 Å². The number of carbonyl (C=O) groups excluding carboxylic acids is 2. The minimum Gasteiger partial charge on any atom is -0.508 e. The molecule has 5 nitrogen and oxygen atoms in total. The minimum absolute atomic E-state index is 0.0333. The first-order valence-corrected chi connectivity index (χ1v) is 10.1. The molecule has 3 aromatic rings. The third-order valence-electron chi connectivity index (χ3n) is 5.33. The molecular weight excluding hydrogens is 378 g/mol. The van der Waals surface area contributed by atoms with Gasteiger partial charge in [-0.15, -0.1) is 0 Å². The minimum atomic E-state index is -0.353. The molecule has 3 rings (SSSR count). The molecule has 0 aliphatic heterocycles. The maximum absolute atomic E-state index is 13.0. The average molecular weight is 405 g/mol. The van der Waals surface area contributed by atoms with Crippen LogP contribution in [0.15, 0.2) is 54.6 Å². The van der Waals surface area contributed by atoms with Gasteiger partial charge in [-0.05, 0) is 55.2 Å². The van der Waals surface area contributed by atoms with Crippen molar-refractivity contribution in [2.75, 3.05) is 0 Å². The zero-order chi connectivity index (χ0) is 21.8. The zero-order valence-corrected chi connectivity index (χ0v) is 17.8. The Hall–Kier alpha value is -3.34. The summed E-state index contributed by atoms with van der Waals surface area (Å²) in [7, 11) is 0. The molecule has 0 saturated heterocycles. The number of rotatable bonds is 6. The molecule has 0 saturated carbocycles. The van der Waals surface area contributed by atoms with Gasteiger partial charge in [-0.1, -0.05) is 44.2 Å². The maximum atomic E-state index is 13.0. The number of benzene rings is 2. The van der Waals surface area contributed by atoms with Crippen LogP contribution in [-0.4, -0.2) is 27.7 Å². The Bertz CT molecular complexity index is 1090. The fourth-order valence-corrected chi connectivity index (χ4v) is 3.31. The molecule has 2 aromatic carbocycles. The number of carbonyl (C=O) groups is 2. The van der Waals surface area contributed by atoms with E-state index in [-0.39, 0.29) is 36.1 Å². The van der Waals surface area contributed by atoms with Gasteiger partial charge >= 0.3 is 5.97 Å². The van der Waals surface area contributed by atoms with Gasteiger partial charge in [-0.3, -0.25) is 14.2 Å². The van der Waals surface area contributed by atoms with Crippen molar-refractivity contribution in [1.29, 1.82) is 0 Å². The van der Waals surface area contributed by atoms with Crippen molar-refractivity contribution in [1.82, 2.24) is 4.57 Å². The molecule has 1 unspecified atom stereocenters. The summed E-state index contributed by atoms with van der Waals surface area (Å²) >= 11 is 0. The Morgan fingerprint density at radius 1 is 1.10 bits per heavy atom. The Kier molecular flexibility index (Phi) is 6.40. The lowest BCUT2D eigenvalue weighted by molar-refractivity contribution is -0.149. The fourth-order valence-electron chi connectivity index (χ4n) is 3.31. The van der Waals surface area contributed by atoms with Gasteiger partial charge in [-0.2, -0.15) is 0 Å². The molecule has 1 N–H and O–H groups in total. The summed E-state index contributed by atoms with van der Waals surface area (Å²) in [5.41, 5.74) is 2.91. The van der Waals surface area contributed by atoms with Gasteiger partial charge in [0.25, 0.3) is 5.91 Å². The highest BCUT2D eigenvalue weighted by atomic mass is 16.5. The average Bonchev–Trinajstić information content (AvgIpc) is 2.97. The summed E-state index contributed by atoms with van der Waals surface area (Å²) in [6.45, 7) is 7.65. The lowest BCUT2D eigenvalue weighted by atomic mass is 10.1. The molecular formula is C25H27NO4. The van der Waals surface area contributed by atoms with Crippen molar-refractivity contribution in [3.05, 3.63) is 71.4 Å². The first-order valence-electron chi connectivity index (χ1n) is 10.1. The number of esters is 1. The highest BCUT2D eigenvalue weighted by Crippen LogP contribution is 2.30. The van der Waals surface area contributed by atoms with Gasteiger partial charge in [0.15, 0.2) is 0 Å². The molecule has 0 aliphatic carbocycles. The molecule has 0 spiro atoms. The van der Waals surface area contributed by atoms with Gasteiger partial charge < -0.3 is 9.84 Å². The van der Waals surface area contributed by atoms with Crippen LogP contribution in [0.3, 0.4) is 0 Å². The van der Waals surface area contributed by atoms with Crippen molar-refractivity contribution >= 4 is 28.9 Å². The molecule has 1 aromatic heterocycles. The van der Waals surface area contributed by atoms with E-state index < -0.39 is 0 Å². The quantitative estimate of drug-likeness (QED) is 0.455. The second kappa shape index (κ2) is 8.99. The number of aromatic hydroxyl groups is 1. The third-order valence-corrected chi connectivity index (χ3v) is 5.33. The summed E-state index contributed by atoms with van der Waals surface area (Å²) in [6.07, 6.45) is 3.10. The van der Waals surface area contributed by atoms with Crippen molar-refractivity contribution in [2.45, 2.75) is 40.2 Å². The van der Waals surface area contributed by atoms with E-state index in [1.807, 2.05) is 51.1 Å². The van der Waals surface area contributed by atoms with E-state index in [1.54, 1.807) is 29.7 Å². The van der Waals surface area contributed by atoms with E-state index in [0.29, 0.717) is 22.2 Å². The summed E-state index contributed by atoms with van der Waals surface area (Å²) in [5.74, 6) is -0.279. The Morgan fingerprint density at radius 3 is 2.47 bits per heavy atom. The molecule has 0 fully saturated rings. The topological polar surface area (TPSA) is 68.5 Å². The third kappa shape index (κ3) is 4.62. The van der Waals surface area contributed by atoms with Crippen LogP contribution in [0, 0.1) is 12.8 Å². The smallest absolute Gasteiger partial charge is 0.310 e. The predicted molar refractivity (Wildman–Crippen MR) is 119 cm³/mol. The summed E-state index contributed by atoms with van der Waals surface area (Å²) in [6, 6.07) is 14.4. The largest absolute Gasteiger partial charge is 0.508 e. The monoisotopic (exact) mass is 405 g/mol. The molecule has 1 atom stereocenters. The summed E-state index contributed by atoms with van der Waals surface area (Å²) in [5, 5.41) is 10.6. The van der Waals surface area contributed by atoms with E-state index in [2.05, 4.69) is 0 Å². The second-order valence-corrected chi connectivity index (χ2v) is 7.80. The lowest BCUT2D eigenvalue weighted by Crippen LogP contribution is -2.21. The maximum Gasteiger partial charge on any atom is 0.310 e. The first kappa shape index (κ1) is 21.4. The number of phenols is 1. The van der Waals surface area contributed by atoms with Crippen molar-refractivity contribution < 1.29 is 19.4 Å². The van der Waals surface area contributed by atoms with Crippen LogP contribution < -0.4 is 0 Å². The Labute approximate surface area is 176 Å². The standard InChI is InChI=1S/C25H27NO4/c1-16(2)18(4)30-25(29)15-21-17(3)26(23-12-11-20(27)14-22(21)23)24(28)13-10-19-8-6-5-7-9-19/h5-14,16,18,27H,15H2,1-4H3/b13-10+. The summed E-state index contributed by atoms with van der Waals surface area (Å²) < 4.78 is 7.09. The molecule has 30 heavy (non-hydrogen) atoms.